The van der Waals surface area contributed by atoms with Crippen molar-refractivity contribution in [2.24, 2.45) is 13.0 Å². The molecule has 11 heteroatoms. The van der Waals surface area contributed by atoms with Crippen molar-refractivity contribution in [1.29, 1.82) is 0 Å². The minimum atomic E-state index is -3.81. The first-order valence-corrected chi connectivity index (χ1v) is 14.1. The van der Waals surface area contributed by atoms with E-state index in [1.54, 1.807) is 11.6 Å². The molecule has 0 radical (unpaired) electrons. The van der Waals surface area contributed by atoms with E-state index in [0.29, 0.717) is 38.9 Å². The highest BCUT2D eigenvalue weighted by Gasteiger charge is 2.30. The minimum absolute atomic E-state index is 0.0266. The molecule has 36 heavy (non-hydrogen) atoms. The van der Waals surface area contributed by atoms with Crippen molar-refractivity contribution in [2.75, 3.05) is 45.8 Å². The van der Waals surface area contributed by atoms with Gasteiger partial charge in [-0.05, 0) is 24.8 Å². The summed E-state index contributed by atoms with van der Waals surface area (Å²) in [4.78, 5) is 34.0. The molecule has 2 aliphatic heterocycles. The van der Waals surface area contributed by atoms with Gasteiger partial charge in [0.25, 0.3) is 10.0 Å². The Balaban J connectivity index is 1.36. The highest BCUT2D eigenvalue weighted by Crippen LogP contribution is 2.21. The first kappa shape index (κ1) is 26.3. The van der Waals surface area contributed by atoms with Crippen LogP contribution in [0.1, 0.15) is 31.2 Å². The summed E-state index contributed by atoms with van der Waals surface area (Å²) in [6.45, 7) is 4.62. The molecule has 1 aromatic heterocycles. The minimum Gasteiger partial charge on any atom is -0.356 e. The van der Waals surface area contributed by atoms with E-state index in [-0.39, 0.29) is 42.3 Å². The van der Waals surface area contributed by atoms with E-state index in [4.69, 9.17) is 0 Å². The predicted octanol–water partition coefficient (Wildman–Crippen LogP) is 1.06. The summed E-state index contributed by atoms with van der Waals surface area (Å²) in [7, 11) is -2.10. The molecular weight excluding hydrogens is 480 g/mol. The second-order valence-corrected chi connectivity index (χ2v) is 11.5. The summed E-state index contributed by atoms with van der Waals surface area (Å²) >= 11 is 0. The summed E-state index contributed by atoms with van der Waals surface area (Å²) in [5.74, 6) is -0.357. The quantitative estimate of drug-likeness (QED) is 0.637. The average molecular weight is 517 g/mol. The van der Waals surface area contributed by atoms with Gasteiger partial charge in [0.05, 0.1) is 6.33 Å². The molecule has 0 saturated carbocycles. The zero-order chi connectivity index (χ0) is 25.5. The lowest BCUT2D eigenvalue weighted by Crippen LogP contribution is -2.50. The Labute approximate surface area is 213 Å². The molecule has 2 aromatic rings. The van der Waals surface area contributed by atoms with Crippen LogP contribution in [0.5, 0.6) is 0 Å². The summed E-state index contributed by atoms with van der Waals surface area (Å²) < 4.78 is 29.1. The fraction of sp³-hybridized carbons (Fsp3) is 0.560. The van der Waals surface area contributed by atoms with Crippen LogP contribution in [0.25, 0.3) is 0 Å². The maximum Gasteiger partial charge on any atom is 0.262 e. The van der Waals surface area contributed by atoms with Crippen LogP contribution in [0.15, 0.2) is 47.9 Å². The average Bonchev–Trinajstić information content (AvgIpc) is 3.31. The molecule has 1 unspecified atom stereocenters. The Morgan fingerprint density at radius 3 is 2.50 bits per heavy atom. The Morgan fingerprint density at radius 2 is 1.81 bits per heavy atom. The second-order valence-electron chi connectivity index (χ2n) is 9.60. The van der Waals surface area contributed by atoms with Crippen molar-refractivity contribution in [3.05, 3.63) is 48.4 Å². The van der Waals surface area contributed by atoms with Gasteiger partial charge in [0.15, 0.2) is 5.03 Å². The number of piperazine rings is 1. The van der Waals surface area contributed by atoms with E-state index in [1.807, 2.05) is 23.1 Å². The molecule has 2 amide bonds. The van der Waals surface area contributed by atoms with Gasteiger partial charge in [-0.3, -0.25) is 14.5 Å². The predicted molar refractivity (Wildman–Crippen MR) is 135 cm³/mol. The normalized spacial score (nSPS) is 21.5. The van der Waals surface area contributed by atoms with Gasteiger partial charge in [-0.25, -0.2) is 13.4 Å². The molecule has 1 aromatic carbocycles. The number of nitrogens with one attached hydrogen (secondary N) is 1. The van der Waals surface area contributed by atoms with Gasteiger partial charge >= 0.3 is 0 Å². The molecule has 0 aliphatic carbocycles. The zero-order valence-corrected chi connectivity index (χ0v) is 21.7. The molecule has 4 rings (SSSR count). The van der Waals surface area contributed by atoms with Crippen LogP contribution in [0.4, 0.5) is 0 Å². The van der Waals surface area contributed by atoms with Crippen LogP contribution >= 0.6 is 0 Å². The number of amides is 2. The molecule has 2 saturated heterocycles. The van der Waals surface area contributed by atoms with E-state index in [9.17, 15) is 18.0 Å². The van der Waals surface area contributed by atoms with Gasteiger partial charge in [-0.2, -0.15) is 4.31 Å². The number of hydrogen-bond donors (Lipinski definition) is 1. The lowest BCUT2D eigenvalue weighted by molar-refractivity contribution is -0.138. The van der Waals surface area contributed by atoms with Crippen molar-refractivity contribution in [1.82, 2.24) is 29.0 Å². The van der Waals surface area contributed by atoms with E-state index >= 15 is 0 Å². The Bertz CT molecular complexity index is 1130. The van der Waals surface area contributed by atoms with Crippen LogP contribution in [-0.4, -0.2) is 89.7 Å². The number of benzene rings is 1. The van der Waals surface area contributed by atoms with Crippen molar-refractivity contribution < 1.29 is 18.0 Å². The highest BCUT2D eigenvalue weighted by atomic mass is 32.2. The summed E-state index contributed by atoms with van der Waals surface area (Å²) in [5, 5.41) is 2.83. The molecule has 2 fully saturated rings. The molecule has 0 spiro atoms. The van der Waals surface area contributed by atoms with Crippen LogP contribution in [-0.2, 0) is 33.2 Å². The molecule has 1 N–H and O–H groups in total. The fourth-order valence-electron chi connectivity index (χ4n) is 4.84. The van der Waals surface area contributed by atoms with Gasteiger partial charge in [0, 0.05) is 77.9 Å². The van der Waals surface area contributed by atoms with E-state index < -0.39 is 10.0 Å². The Morgan fingerprint density at radius 1 is 1.06 bits per heavy atom. The maximum atomic E-state index is 13.4. The molecular formula is C25H36N6O4S. The third-order valence-corrected chi connectivity index (χ3v) is 8.72. The number of sulfonamides is 1. The Hall–Kier alpha value is -2.76. The van der Waals surface area contributed by atoms with Crippen LogP contribution < -0.4 is 5.32 Å². The van der Waals surface area contributed by atoms with Gasteiger partial charge in [-0.15, -0.1) is 0 Å². The van der Waals surface area contributed by atoms with Crippen LogP contribution in [0, 0.1) is 5.92 Å². The largest absolute Gasteiger partial charge is 0.356 e. The Kier molecular flexibility index (Phi) is 8.76. The number of carbonyl (C=O) groups excluding carboxylic acids is 2. The molecule has 196 valence electrons. The summed E-state index contributed by atoms with van der Waals surface area (Å²) in [6, 6.07) is 10.3. The van der Waals surface area contributed by atoms with Crippen molar-refractivity contribution >= 4 is 21.8 Å². The highest BCUT2D eigenvalue weighted by molar-refractivity contribution is 7.89. The smallest absolute Gasteiger partial charge is 0.262 e. The maximum absolute atomic E-state index is 13.4. The van der Waals surface area contributed by atoms with Crippen molar-refractivity contribution in [2.45, 2.75) is 37.3 Å². The van der Waals surface area contributed by atoms with Gasteiger partial charge in [-0.1, -0.05) is 30.3 Å². The van der Waals surface area contributed by atoms with E-state index in [2.05, 4.69) is 27.3 Å². The summed E-state index contributed by atoms with van der Waals surface area (Å²) in [6.07, 6.45) is 4.66. The third-order valence-electron chi connectivity index (χ3n) is 6.93. The molecule has 10 nitrogen and oxygen atoms in total. The molecule has 3 heterocycles. The number of hydrogen-bond acceptors (Lipinski definition) is 6. The van der Waals surface area contributed by atoms with Crippen molar-refractivity contribution in [3.8, 4) is 0 Å². The number of aryl methyl sites for hydroxylation is 1. The number of imidazole rings is 1. The van der Waals surface area contributed by atoms with Crippen LogP contribution in [0.3, 0.4) is 0 Å². The van der Waals surface area contributed by atoms with Gasteiger partial charge < -0.3 is 14.8 Å². The lowest BCUT2D eigenvalue weighted by Gasteiger charge is -2.36. The monoisotopic (exact) mass is 516 g/mol. The molecule has 2 aliphatic rings. The lowest BCUT2D eigenvalue weighted by atomic mass is 9.97. The first-order valence-electron chi connectivity index (χ1n) is 12.6. The number of nitrogens with zero attached hydrogens (tertiary/aromatic N) is 5. The van der Waals surface area contributed by atoms with Gasteiger partial charge in [0.2, 0.25) is 11.8 Å². The zero-order valence-electron chi connectivity index (χ0n) is 20.9. The fourth-order valence-corrected chi connectivity index (χ4v) is 6.28. The standard InChI is InChI=1S/C25H36N6O4S/c1-28-19-24(27-20-28)36(34,35)31-12-5-8-22(9-11-26-23(32)10-13-31)25(33)30-16-14-29(15-17-30)18-21-6-3-2-4-7-21/h2-4,6-7,19-20,22H,5,8-18H2,1H3,(H,26,32). The number of rotatable bonds is 5. The van der Waals surface area contributed by atoms with E-state index in [1.165, 1.54) is 22.4 Å². The first-order chi connectivity index (χ1) is 17.3. The van der Waals surface area contributed by atoms with E-state index in [0.717, 1.165) is 19.6 Å². The molecule has 1 atom stereocenters. The summed E-state index contributed by atoms with van der Waals surface area (Å²) in [5.41, 5.74) is 1.27. The van der Waals surface area contributed by atoms with Gasteiger partial charge in [0.1, 0.15) is 0 Å². The second kappa shape index (κ2) is 12.0. The number of aromatic nitrogens is 2. The van der Waals surface area contributed by atoms with Crippen molar-refractivity contribution in [3.63, 3.8) is 0 Å². The number of carbonyl (C=O) groups is 2. The molecule has 0 bridgehead atoms. The topological polar surface area (TPSA) is 108 Å². The SMILES string of the molecule is Cn1cnc(S(=O)(=O)N2CCCC(C(=O)N3CCN(Cc4ccccc4)CC3)CCNC(=O)CC2)c1. The van der Waals surface area contributed by atoms with Crippen LogP contribution in [0.2, 0.25) is 0 Å². The third kappa shape index (κ3) is 6.71.